The fourth-order valence-electron chi connectivity index (χ4n) is 2.71. The first-order valence-electron chi connectivity index (χ1n) is 6.38. The first-order chi connectivity index (χ1) is 8.34. The number of nitrogens with one attached hydrogen (secondary N) is 1. The lowest BCUT2D eigenvalue weighted by molar-refractivity contribution is -0.140. The van der Waals surface area contributed by atoms with Crippen molar-refractivity contribution in [3.8, 4) is 0 Å². The van der Waals surface area contributed by atoms with Gasteiger partial charge in [-0.1, -0.05) is 37.1 Å². The molecule has 1 amide bonds. The number of amides is 1. The van der Waals surface area contributed by atoms with Crippen molar-refractivity contribution in [2.45, 2.75) is 44.1 Å². The number of rotatable bonds is 3. The summed E-state index contributed by atoms with van der Waals surface area (Å²) in [7, 11) is 0. The Morgan fingerprint density at radius 3 is 2.76 bits per heavy atom. The number of hydrogen-bond donors (Lipinski definition) is 1. The lowest BCUT2D eigenvalue weighted by atomic mass is 9.77. The maximum Gasteiger partial charge on any atom is 0.251 e. The Bertz CT molecular complexity index is 424. The summed E-state index contributed by atoms with van der Waals surface area (Å²) in [6.07, 6.45) is 5.65. The molecule has 1 N–H and O–H groups in total. The van der Waals surface area contributed by atoms with Crippen LogP contribution in [0, 0.1) is 0 Å². The fourth-order valence-corrected chi connectivity index (χ4v) is 2.71. The van der Waals surface area contributed by atoms with Crippen molar-refractivity contribution in [2.75, 3.05) is 0 Å². The zero-order valence-corrected chi connectivity index (χ0v) is 9.82. The topological polar surface area (TPSA) is 38.3 Å². The summed E-state index contributed by atoms with van der Waals surface area (Å²) < 4.78 is 0. The molecule has 17 heavy (non-hydrogen) atoms. The molecule has 2 aliphatic carbocycles. The summed E-state index contributed by atoms with van der Waals surface area (Å²) in [6, 6.07) is 8.10. The highest BCUT2D eigenvalue weighted by atomic mass is 16.7. The van der Waals surface area contributed by atoms with Crippen LogP contribution in [0.2, 0.25) is 0 Å². The van der Waals surface area contributed by atoms with E-state index in [9.17, 15) is 4.79 Å². The molecule has 0 bridgehead atoms. The summed E-state index contributed by atoms with van der Waals surface area (Å²) in [5.74, 6) is 0.00297. The van der Waals surface area contributed by atoms with Crippen LogP contribution in [-0.4, -0.2) is 12.0 Å². The molecule has 0 spiro atoms. The van der Waals surface area contributed by atoms with Gasteiger partial charge in [0.15, 0.2) is 0 Å². The van der Waals surface area contributed by atoms with Gasteiger partial charge in [0.05, 0.1) is 12.0 Å². The van der Waals surface area contributed by atoms with Crippen LogP contribution in [0.25, 0.3) is 0 Å². The Hall–Kier alpha value is -1.35. The lowest BCUT2D eigenvalue weighted by Crippen LogP contribution is -2.37. The van der Waals surface area contributed by atoms with Crippen LogP contribution in [-0.2, 0) is 16.1 Å². The monoisotopic (exact) mass is 231 g/mol. The third-order valence-electron chi connectivity index (χ3n) is 3.80. The van der Waals surface area contributed by atoms with Gasteiger partial charge in [0.25, 0.3) is 5.91 Å². The van der Waals surface area contributed by atoms with Crippen molar-refractivity contribution in [2.24, 2.45) is 0 Å². The minimum Gasteiger partial charge on any atom is -0.272 e. The molecule has 1 aromatic rings. The van der Waals surface area contributed by atoms with Crippen molar-refractivity contribution in [1.29, 1.82) is 0 Å². The zero-order valence-electron chi connectivity index (χ0n) is 9.82. The molecular weight excluding hydrogens is 214 g/mol. The molecule has 3 heteroatoms. The Labute approximate surface area is 101 Å². The normalized spacial score (nSPS) is 22.9. The molecule has 0 aromatic heterocycles. The third kappa shape index (κ3) is 2.07. The van der Waals surface area contributed by atoms with E-state index in [0.717, 1.165) is 24.8 Å². The molecule has 0 saturated heterocycles. The summed E-state index contributed by atoms with van der Waals surface area (Å²) in [5, 5.41) is 0. The predicted octanol–water partition coefficient (Wildman–Crippen LogP) is 2.32. The van der Waals surface area contributed by atoms with E-state index in [0.29, 0.717) is 0 Å². The molecule has 1 atom stereocenters. The number of fused-ring (bicyclic) bond motifs is 1. The molecule has 0 radical (unpaired) electrons. The van der Waals surface area contributed by atoms with E-state index in [4.69, 9.17) is 4.84 Å². The summed E-state index contributed by atoms with van der Waals surface area (Å²) in [4.78, 5) is 17.3. The van der Waals surface area contributed by atoms with Crippen molar-refractivity contribution >= 4 is 5.91 Å². The van der Waals surface area contributed by atoms with E-state index < -0.39 is 0 Å². The number of hydrogen-bond acceptors (Lipinski definition) is 2. The molecule has 0 aliphatic heterocycles. The van der Waals surface area contributed by atoms with E-state index in [1.165, 1.54) is 18.4 Å². The Kier molecular flexibility index (Phi) is 2.85. The minimum absolute atomic E-state index is 0.00685. The highest BCUT2D eigenvalue weighted by Gasteiger charge is 2.32. The molecule has 3 nitrogen and oxygen atoms in total. The maximum absolute atomic E-state index is 11.9. The zero-order chi connectivity index (χ0) is 11.7. The first-order valence-corrected chi connectivity index (χ1v) is 6.38. The molecule has 0 heterocycles. The molecular formula is C14H17NO2. The van der Waals surface area contributed by atoms with Crippen molar-refractivity contribution in [1.82, 2.24) is 5.48 Å². The highest BCUT2D eigenvalue weighted by Crippen LogP contribution is 2.34. The minimum atomic E-state index is -0.00685. The second-order valence-corrected chi connectivity index (χ2v) is 4.95. The van der Waals surface area contributed by atoms with Crippen LogP contribution in [0.3, 0.4) is 0 Å². The van der Waals surface area contributed by atoms with Crippen LogP contribution >= 0.6 is 0 Å². The summed E-state index contributed by atoms with van der Waals surface area (Å²) >= 11 is 0. The highest BCUT2D eigenvalue weighted by molar-refractivity contribution is 5.86. The van der Waals surface area contributed by atoms with Gasteiger partial charge in [-0.15, -0.1) is 0 Å². The van der Waals surface area contributed by atoms with E-state index in [1.807, 2.05) is 18.2 Å². The van der Waals surface area contributed by atoms with Gasteiger partial charge in [-0.2, -0.15) is 0 Å². The van der Waals surface area contributed by atoms with Crippen LogP contribution in [0.4, 0.5) is 0 Å². The molecule has 90 valence electrons. The predicted molar refractivity (Wildman–Crippen MR) is 64.4 cm³/mol. The van der Waals surface area contributed by atoms with Gasteiger partial charge in [-0.3, -0.25) is 9.63 Å². The molecule has 3 rings (SSSR count). The van der Waals surface area contributed by atoms with Crippen LogP contribution in [0.5, 0.6) is 0 Å². The second-order valence-electron chi connectivity index (χ2n) is 4.95. The number of hydroxylamine groups is 1. The Morgan fingerprint density at radius 1 is 1.24 bits per heavy atom. The van der Waals surface area contributed by atoms with Gasteiger partial charge < -0.3 is 0 Å². The van der Waals surface area contributed by atoms with Gasteiger partial charge in [0, 0.05) is 0 Å². The fraction of sp³-hybridized carbons (Fsp3) is 0.500. The second kappa shape index (κ2) is 4.49. The van der Waals surface area contributed by atoms with Crippen molar-refractivity contribution < 1.29 is 9.63 Å². The SMILES string of the molecule is O=C(NOC1CCCC1)C1Cc2ccccc21. The average molecular weight is 231 g/mol. The van der Waals surface area contributed by atoms with Gasteiger partial charge in [-0.05, 0) is 30.4 Å². The van der Waals surface area contributed by atoms with Gasteiger partial charge in [0.2, 0.25) is 0 Å². The van der Waals surface area contributed by atoms with Crippen LogP contribution in [0.1, 0.15) is 42.7 Å². The molecule has 1 aromatic carbocycles. The number of carbonyl (C=O) groups is 1. The lowest BCUT2D eigenvalue weighted by Gasteiger charge is -2.29. The molecule has 1 unspecified atom stereocenters. The molecule has 1 saturated carbocycles. The van der Waals surface area contributed by atoms with E-state index in [1.54, 1.807) is 0 Å². The number of benzene rings is 1. The van der Waals surface area contributed by atoms with Crippen LogP contribution < -0.4 is 5.48 Å². The van der Waals surface area contributed by atoms with Crippen molar-refractivity contribution in [3.05, 3.63) is 35.4 Å². The van der Waals surface area contributed by atoms with E-state index >= 15 is 0 Å². The third-order valence-corrected chi connectivity index (χ3v) is 3.80. The maximum atomic E-state index is 11.9. The quantitative estimate of drug-likeness (QED) is 0.811. The summed E-state index contributed by atoms with van der Waals surface area (Å²) in [5.41, 5.74) is 5.07. The average Bonchev–Trinajstić information content (AvgIpc) is 2.81. The van der Waals surface area contributed by atoms with Gasteiger partial charge in [0.1, 0.15) is 0 Å². The first kappa shape index (κ1) is 10.8. The van der Waals surface area contributed by atoms with E-state index in [2.05, 4.69) is 11.5 Å². The smallest absolute Gasteiger partial charge is 0.251 e. The van der Waals surface area contributed by atoms with Crippen LogP contribution in [0.15, 0.2) is 24.3 Å². The molecule has 1 fully saturated rings. The van der Waals surface area contributed by atoms with Crippen molar-refractivity contribution in [3.63, 3.8) is 0 Å². The standard InChI is InChI=1S/C14H17NO2/c16-14(15-17-11-6-2-3-7-11)13-9-10-5-1-4-8-12(10)13/h1,4-5,8,11,13H,2-3,6-7,9H2,(H,15,16). The Morgan fingerprint density at radius 2 is 2.00 bits per heavy atom. The largest absolute Gasteiger partial charge is 0.272 e. The van der Waals surface area contributed by atoms with E-state index in [-0.39, 0.29) is 17.9 Å². The summed E-state index contributed by atoms with van der Waals surface area (Å²) in [6.45, 7) is 0. The molecule has 2 aliphatic rings. The van der Waals surface area contributed by atoms with Gasteiger partial charge in [-0.25, -0.2) is 5.48 Å². The number of carbonyl (C=O) groups excluding carboxylic acids is 1. The Balaban J connectivity index is 1.54. The van der Waals surface area contributed by atoms with Gasteiger partial charge >= 0.3 is 0 Å².